The molecule has 0 saturated carbocycles. The van der Waals surface area contributed by atoms with E-state index in [-0.39, 0.29) is 35.4 Å². The number of hydrogen-bond acceptors (Lipinski definition) is 24. The predicted molar refractivity (Wildman–Crippen MR) is 215 cm³/mol. The lowest BCUT2D eigenvalue weighted by Gasteiger charge is -2.51. The van der Waals surface area contributed by atoms with E-state index in [2.05, 4.69) is 0 Å². The molecule has 0 unspecified atom stereocenters. The van der Waals surface area contributed by atoms with E-state index in [1.807, 2.05) is 0 Å². The first-order valence-corrected chi connectivity index (χ1v) is 23.4. The standard InChI is InChI=1S/C32H60N4O16S4.ClH/c33-1-5-53-9-13-25-17(37)21(41)29(45-13)50-26-14(10-54-6-2-34)47-31(23(43)19(26)39)52-28-16(12-56-8-4-36)48-32(24(44)20(28)40)51-27-15(11-55-7-3-35)46-30(49-25)22(42)18(27)38;/h13-32,37-44H,1-12,33-36H2;1H/t13-,14-,15-,16-,17-,18-,19-,20-,21-,22-,23-,24-,25-,26-,27-,28-,29-,30-,31-,32-;/m0./s1. The molecule has 25 heteroatoms. The Labute approximate surface area is 354 Å². The van der Waals surface area contributed by atoms with Crippen molar-refractivity contribution in [2.45, 2.75) is 123 Å². The van der Waals surface area contributed by atoms with Crippen molar-refractivity contribution in [3.05, 3.63) is 0 Å². The molecule has 8 bridgehead atoms. The highest BCUT2D eigenvalue weighted by Crippen LogP contribution is 2.38. The first kappa shape index (κ1) is 50.5. The monoisotopic (exact) mass is 920 g/mol. The Hall–Kier alpha value is 0.890. The number of nitrogens with two attached hydrogens (primary N) is 4. The number of ether oxygens (including phenoxy) is 8. The molecule has 0 aromatic carbocycles. The fourth-order valence-electron chi connectivity index (χ4n) is 7.03. The van der Waals surface area contributed by atoms with Gasteiger partial charge in [-0.1, -0.05) is 0 Å². The van der Waals surface area contributed by atoms with Crippen LogP contribution in [0, 0.1) is 0 Å². The summed E-state index contributed by atoms with van der Waals surface area (Å²) in [5.74, 6) is 2.67. The first-order chi connectivity index (χ1) is 26.9. The van der Waals surface area contributed by atoms with Gasteiger partial charge in [0.15, 0.2) is 25.2 Å². The number of rotatable bonds is 16. The molecular weight excluding hydrogens is 860 g/mol. The molecule has 20 nitrogen and oxygen atoms in total. The molecule has 16 N–H and O–H groups in total. The van der Waals surface area contributed by atoms with Crippen LogP contribution in [0.4, 0.5) is 0 Å². The average Bonchev–Trinajstić information content (AvgIpc) is 3.18. The quantitative estimate of drug-likeness (QED) is 0.0643. The second-order valence-electron chi connectivity index (χ2n) is 14.0. The Balaban J connectivity index is 0.00000720. The van der Waals surface area contributed by atoms with Gasteiger partial charge in [0.05, 0.1) is 24.4 Å². The molecule has 0 radical (unpaired) electrons. The molecule has 0 spiro atoms. The molecular formula is C32H61ClN4O16S4. The summed E-state index contributed by atoms with van der Waals surface area (Å²) in [6.07, 6.45) is -29.8. The largest absolute Gasteiger partial charge is 0.387 e. The van der Waals surface area contributed by atoms with E-state index in [9.17, 15) is 40.9 Å². The van der Waals surface area contributed by atoms with Crippen molar-refractivity contribution >= 4 is 59.5 Å². The van der Waals surface area contributed by atoms with Crippen molar-refractivity contribution in [2.75, 3.05) is 72.2 Å². The van der Waals surface area contributed by atoms with Gasteiger partial charge in [-0.25, -0.2) is 0 Å². The van der Waals surface area contributed by atoms with E-state index in [0.717, 1.165) is 0 Å². The molecule has 14 heterocycles. The van der Waals surface area contributed by atoms with Crippen LogP contribution in [0.1, 0.15) is 0 Å². The van der Waals surface area contributed by atoms with Gasteiger partial charge in [0.25, 0.3) is 0 Å². The highest BCUT2D eigenvalue weighted by atomic mass is 35.5. The molecule has 20 atom stereocenters. The molecule has 336 valence electrons. The lowest BCUT2D eigenvalue weighted by Crippen LogP contribution is -2.69. The SMILES string of the molecule is Cl.NCCSC[C@@H]1O[C@H]2O[C@@H]3[C@@H](O)[C@H](O)[C@H](O[C@@H]4[C@@H](O)[C@H](O)[C@H](O[C@@H]5[C@@H](O)[C@H](O)[C@H](O[C@@H]1[C@@H](O)[C@@H]2O)O[C@H]5CSCCN)O[C@H]4CSCCN)O[C@H]3CSCCN. The van der Waals surface area contributed by atoms with Gasteiger partial charge in [-0.05, 0) is 0 Å². The molecule has 14 saturated heterocycles. The van der Waals surface area contributed by atoms with Crippen LogP contribution in [0.25, 0.3) is 0 Å². The van der Waals surface area contributed by atoms with Crippen molar-refractivity contribution in [1.29, 1.82) is 0 Å². The number of aliphatic hydroxyl groups excluding tert-OH is 8. The zero-order valence-electron chi connectivity index (χ0n) is 31.2. The normalized spacial score (nSPS) is 45.3. The van der Waals surface area contributed by atoms with Crippen molar-refractivity contribution in [2.24, 2.45) is 22.9 Å². The third-order valence-corrected chi connectivity index (χ3v) is 14.3. The van der Waals surface area contributed by atoms with E-state index >= 15 is 0 Å². The second-order valence-corrected chi connectivity index (χ2v) is 18.6. The van der Waals surface area contributed by atoms with Gasteiger partial charge in [-0.15, -0.1) is 12.4 Å². The van der Waals surface area contributed by atoms with E-state index in [4.69, 9.17) is 60.8 Å². The maximum atomic E-state index is 11.6. The van der Waals surface area contributed by atoms with Crippen molar-refractivity contribution < 1.29 is 78.7 Å². The van der Waals surface area contributed by atoms with Crippen LogP contribution < -0.4 is 22.9 Å². The molecule has 0 aromatic rings. The van der Waals surface area contributed by atoms with E-state index < -0.39 is 123 Å². The Bertz CT molecular complexity index is 998. The Morgan fingerprint density at radius 2 is 0.509 bits per heavy atom. The van der Waals surface area contributed by atoms with Crippen LogP contribution in [-0.4, -0.2) is 236 Å². The summed E-state index contributed by atoms with van der Waals surface area (Å²) in [4.78, 5) is 0. The third-order valence-electron chi connectivity index (χ3n) is 9.91. The van der Waals surface area contributed by atoms with E-state index in [0.29, 0.717) is 49.2 Å². The van der Waals surface area contributed by atoms with Gasteiger partial charge in [0, 0.05) is 72.2 Å². The number of hydrogen-bond donors (Lipinski definition) is 12. The molecule has 57 heavy (non-hydrogen) atoms. The zero-order chi connectivity index (χ0) is 40.5. The number of halogens is 1. The van der Waals surface area contributed by atoms with E-state index in [1.54, 1.807) is 0 Å². The van der Waals surface area contributed by atoms with Crippen LogP contribution in [0.2, 0.25) is 0 Å². The second kappa shape index (κ2) is 24.7. The average molecular weight is 922 g/mol. The van der Waals surface area contributed by atoms with Crippen LogP contribution in [0.3, 0.4) is 0 Å². The summed E-state index contributed by atoms with van der Waals surface area (Å²) in [6, 6.07) is 0. The predicted octanol–water partition coefficient (Wildman–Crippen LogP) is -5.48. The maximum absolute atomic E-state index is 11.6. The molecule has 14 rings (SSSR count). The molecule has 0 aromatic heterocycles. The minimum Gasteiger partial charge on any atom is -0.387 e. The Kier molecular flexibility index (Phi) is 21.9. The van der Waals surface area contributed by atoms with Gasteiger partial charge in [0.1, 0.15) is 73.2 Å². The summed E-state index contributed by atoms with van der Waals surface area (Å²) in [5.41, 5.74) is 22.9. The molecule has 0 aliphatic carbocycles. The molecule has 14 aliphatic heterocycles. The van der Waals surface area contributed by atoms with Crippen LogP contribution in [0.15, 0.2) is 0 Å². The number of thioether (sulfide) groups is 4. The van der Waals surface area contributed by atoms with Gasteiger partial charge < -0.3 is 102 Å². The first-order valence-electron chi connectivity index (χ1n) is 18.7. The molecule has 0 amide bonds. The van der Waals surface area contributed by atoms with Crippen molar-refractivity contribution in [3.63, 3.8) is 0 Å². The van der Waals surface area contributed by atoms with E-state index in [1.165, 1.54) is 47.0 Å². The van der Waals surface area contributed by atoms with Gasteiger partial charge in [-0.2, -0.15) is 47.0 Å². The summed E-state index contributed by atoms with van der Waals surface area (Å²) in [6.45, 7) is 1.31. The third kappa shape index (κ3) is 12.5. The fourth-order valence-corrected chi connectivity index (χ4v) is 10.4. The summed E-state index contributed by atoms with van der Waals surface area (Å²) < 4.78 is 49.5. The summed E-state index contributed by atoms with van der Waals surface area (Å²) in [7, 11) is 0. The van der Waals surface area contributed by atoms with Crippen LogP contribution >= 0.6 is 59.5 Å². The molecule has 14 aliphatic rings. The fraction of sp³-hybridized carbons (Fsp3) is 1.00. The highest BCUT2D eigenvalue weighted by molar-refractivity contribution is 7.99. The van der Waals surface area contributed by atoms with Crippen LogP contribution in [0.5, 0.6) is 0 Å². The maximum Gasteiger partial charge on any atom is 0.187 e. The molecule has 14 fully saturated rings. The smallest absolute Gasteiger partial charge is 0.187 e. The van der Waals surface area contributed by atoms with Gasteiger partial charge >= 0.3 is 0 Å². The zero-order valence-corrected chi connectivity index (χ0v) is 35.3. The van der Waals surface area contributed by atoms with Gasteiger partial charge in [0.2, 0.25) is 0 Å². The van der Waals surface area contributed by atoms with Gasteiger partial charge in [-0.3, -0.25) is 0 Å². The van der Waals surface area contributed by atoms with Crippen LogP contribution in [-0.2, 0) is 37.9 Å². The lowest BCUT2D eigenvalue weighted by atomic mass is 9.95. The summed E-state index contributed by atoms with van der Waals surface area (Å²) in [5, 5.41) is 91.9. The Morgan fingerprint density at radius 3 is 0.684 bits per heavy atom. The summed E-state index contributed by atoms with van der Waals surface area (Å²) >= 11 is 5.45. The topological polar surface area (TPSA) is 340 Å². The minimum absolute atomic E-state index is 0. The van der Waals surface area contributed by atoms with Crippen molar-refractivity contribution in [3.8, 4) is 0 Å². The minimum atomic E-state index is -1.79. The van der Waals surface area contributed by atoms with Crippen molar-refractivity contribution in [1.82, 2.24) is 0 Å². The lowest BCUT2D eigenvalue weighted by molar-refractivity contribution is -0.396. The number of aliphatic hydroxyl groups is 8. The Morgan fingerprint density at radius 1 is 0.316 bits per heavy atom. The highest BCUT2D eigenvalue weighted by Gasteiger charge is 2.57.